The molecule has 3 N–H and O–H groups in total. The van der Waals surface area contributed by atoms with Crippen LogP contribution in [0.1, 0.15) is 79.1 Å². The van der Waals surface area contributed by atoms with Crippen LogP contribution in [0.4, 0.5) is 0 Å². The molecule has 4 rings (SSSR count). The number of allylic oxidation sites excluding steroid dienone is 2. The zero-order valence-corrected chi connectivity index (χ0v) is 24.2. The van der Waals surface area contributed by atoms with Crippen LogP contribution in [-0.2, 0) is 21.4 Å². The van der Waals surface area contributed by atoms with Crippen LogP contribution >= 0.6 is 11.3 Å². The first kappa shape index (κ1) is 29.1. The number of amides is 2. The number of carbonyl (C=O) groups excluding carboxylic acids is 2. The van der Waals surface area contributed by atoms with Crippen LogP contribution in [0.2, 0.25) is 0 Å². The van der Waals surface area contributed by atoms with Crippen molar-refractivity contribution in [2.24, 2.45) is 0 Å². The Morgan fingerprint density at radius 2 is 1.68 bits per heavy atom. The molecule has 0 aliphatic heterocycles. The second-order valence-electron chi connectivity index (χ2n) is 11.2. The van der Waals surface area contributed by atoms with Gasteiger partial charge in [0.2, 0.25) is 5.91 Å². The molecule has 2 amide bonds. The van der Waals surface area contributed by atoms with Gasteiger partial charge in [-0.25, -0.2) is 9.97 Å². The van der Waals surface area contributed by atoms with Crippen LogP contribution in [0, 0.1) is 0 Å². The van der Waals surface area contributed by atoms with Crippen molar-refractivity contribution in [2.45, 2.75) is 77.3 Å². The fourth-order valence-electron chi connectivity index (χ4n) is 4.45. The quantitative estimate of drug-likeness (QED) is 0.323. The van der Waals surface area contributed by atoms with Gasteiger partial charge in [-0.2, -0.15) is 0 Å². The molecule has 1 aliphatic rings. The highest BCUT2D eigenvalue weighted by Crippen LogP contribution is 2.30. The van der Waals surface area contributed by atoms with Crippen molar-refractivity contribution in [3.63, 3.8) is 0 Å². The molecule has 9 heteroatoms. The van der Waals surface area contributed by atoms with E-state index < -0.39 is 24.0 Å². The van der Waals surface area contributed by atoms with Crippen molar-refractivity contribution < 1.29 is 19.5 Å². The summed E-state index contributed by atoms with van der Waals surface area (Å²) in [4.78, 5) is 48.1. The summed E-state index contributed by atoms with van der Waals surface area (Å²) in [5.74, 6) is -1.48. The number of hydrogen-bond donors (Lipinski definition) is 3. The van der Waals surface area contributed by atoms with Crippen LogP contribution in [0.5, 0.6) is 0 Å². The number of hydrogen-bond acceptors (Lipinski definition) is 6. The van der Waals surface area contributed by atoms with E-state index in [1.807, 2.05) is 42.7 Å². The molecule has 0 saturated carbocycles. The summed E-state index contributed by atoms with van der Waals surface area (Å²) in [5.41, 5.74) is 3.90. The van der Waals surface area contributed by atoms with Gasteiger partial charge in [0.15, 0.2) is 5.82 Å². The lowest BCUT2D eigenvalue weighted by Crippen LogP contribution is -2.51. The van der Waals surface area contributed by atoms with E-state index in [9.17, 15) is 19.5 Å². The predicted molar refractivity (Wildman–Crippen MR) is 157 cm³/mol. The highest BCUT2D eigenvalue weighted by molar-refractivity contribution is 7.14. The van der Waals surface area contributed by atoms with Crippen LogP contribution < -0.4 is 10.6 Å². The van der Waals surface area contributed by atoms with Crippen LogP contribution in [-0.4, -0.2) is 44.9 Å². The summed E-state index contributed by atoms with van der Waals surface area (Å²) < 4.78 is 0. The minimum absolute atomic E-state index is 0.101. The first-order valence-electron chi connectivity index (χ1n) is 13.6. The van der Waals surface area contributed by atoms with E-state index in [0.717, 1.165) is 34.4 Å². The topological polar surface area (TPSA) is 121 Å². The first-order chi connectivity index (χ1) is 19.0. The predicted octanol–water partition coefficient (Wildman–Crippen LogP) is 5.39. The summed E-state index contributed by atoms with van der Waals surface area (Å²) in [7, 11) is 0. The van der Waals surface area contributed by atoms with E-state index in [1.54, 1.807) is 6.07 Å². The molecule has 2 atom stereocenters. The van der Waals surface area contributed by atoms with Gasteiger partial charge in [-0.15, -0.1) is 11.3 Å². The highest BCUT2D eigenvalue weighted by atomic mass is 32.1. The van der Waals surface area contributed by atoms with E-state index in [1.165, 1.54) is 36.7 Å². The Kier molecular flexibility index (Phi) is 9.14. The summed E-state index contributed by atoms with van der Waals surface area (Å²) in [6.07, 6.45) is 10.7. The molecular weight excluding hydrogens is 524 g/mol. The molecule has 1 aromatic carbocycles. The molecule has 0 bridgehead atoms. The monoisotopic (exact) mass is 560 g/mol. The number of aromatic nitrogens is 2. The number of benzene rings is 1. The maximum absolute atomic E-state index is 13.1. The van der Waals surface area contributed by atoms with Crippen molar-refractivity contribution >= 4 is 34.7 Å². The lowest BCUT2D eigenvalue weighted by molar-refractivity contribution is -0.141. The lowest BCUT2D eigenvalue weighted by atomic mass is 9.95. The molecule has 40 heavy (non-hydrogen) atoms. The lowest BCUT2D eigenvalue weighted by Gasteiger charge is -2.20. The Bertz CT molecular complexity index is 1390. The van der Waals surface area contributed by atoms with E-state index in [0.29, 0.717) is 10.7 Å². The minimum atomic E-state index is -1.15. The van der Waals surface area contributed by atoms with Gasteiger partial charge >= 0.3 is 5.97 Å². The Balaban J connectivity index is 1.49. The van der Waals surface area contributed by atoms with Gasteiger partial charge in [0.05, 0.1) is 4.88 Å². The first-order valence-corrected chi connectivity index (χ1v) is 14.4. The third-order valence-electron chi connectivity index (χ3n) is 6.89. The molecule has 1 aliphatic carbocycles. The highest BCUT2D eigenvalue weighted by Gasteiger charge is 2.26. The zero-order chi connectivity index (χ0) is 28.9. The van der Waals surface area contributed by atoms with Gasteiger partial charge in [0.25, 0.3) is 5.91 Å². The second-order valence-corrected chi connectivity index (χ2v) is 12.3. The van der Waals surface area contributed by atoms with Gasteiger partial charge in [-0.3, -0.25) is 14.4 Å². The average Bonchev–Trinajstić information content (AvgIpc) is 3.45. The van der Waals surface area contributed by atoms with Gasteiger partial charge < -0.3 is 15.7 Å². The maximum atomic E-state index is 13.1. The van der Waals surface area contributed by atoms with Crippen LogP contribution in [0.15, 0.2) is 54.9 Å². The molecule has 0 spiro atoms. The smallest absolute Gasteiger partial charge is 0.325 e. The zero-order valence-electron chi connectivity index (χ0n) is 23.4. The average molecular weight is 561 g/mol. The van der Waals surface area contributed by atoms with Crippen molar-refractivity contribution in [1.29, 1.82) is 0 Å². The molecule has 0 fully saturated rings. The van der Waals surface area contributed by atoms with Crippen molar-refractivity contribution in [3.8, 4) is 11.4 Å². The molecule has 2 aromatic heterocycles. The molecule has 210 valence electrons. The second kappa shape index (κ2) is 12.6. The number of nitrogens with zero attached hydrogens (tertiary/aromatic N) is 2. The van der Waals surface area contributed by atoms with Crippen molar-refractivity contribution in [1.82, 2.24) is 20.6 Å². The Hall–Kier alpha value is -3.85. The number of nitrogens with one attached hydrogen (secondary N) is 2. The largest absolute Gasteiger partial charge is 0.480 e. The molecule has 0 unspecified atom stereocenters. The number of thiophene rings is 1. The van der Waals surface area contributed by atoms with E-state index in [-0.39, 0.29) is 17.7 Å². The summed E-state index contributed by atoms with van der Waals surface area (Å²) in [6, 6.07) is 9.12. The summed E-state index contributed by atoms with van der Waals surface area (Å²) in [5, 5.41) is 14.5. The Labute approximate surface area is 239 Å². The number of carboxylic acids is 1. The molecule has 3 aromatic rings. The van der Waals surface area contributed by atoms with Crippen molar-refractivity contribution in [2.75, 3.05) is 0 Å². The van der Waals surface area contributed by atoms with E-state index in [4.69, 9.17) is 0 Å². The van der Waals surface area contributed by atoms with Gasteiger partial charge in [0.1, 0.15) is 12.1 Å². The SMILES string of the molecule is C[C@@H](NC(=O)[C@H](Cc1ccc(-c2ncc(C3=CCCCC3)cn2)cc1)NC(=O)c1ccc(C(C)(C)C)s1)C(=O)O. The maximum Gasteiger partial charge on any atom is 0.325 e. The standard InChI is InChI=1S/C31H36N4O4S/c1-19(30(38)39)34-28(36)24(35-29(37)25-14-15-26(40-25)31(2,3)4)16-20-10-12-22(13-11-20)27-32-17-23(18-33-27)21-8-6-5-7-9-21/h8,10-15,17-19,24H,5-7,9,16H2,1-4H3,(H,34,36)(H,35,37)(H,38,39)/t19-,24+/m1/s1. The normalized spacial score (nSPS) is 15.1. The number of carboxylic acid groups (broad SMARTS) is 1. The van der Waals surface area contributed by atoms with Gasteiger partial charge in [-0.05, 0) is 61.3 Å². The summed E-state index contributed by atoms with van der Waals surface area (Å²) in [6.45, 7) is 7.60. The molecule has 0 radical (unpaired) electrons. The number of rotatable bonds is 9. The number of carbonyl (C=O) groups is 3. The van der Waals surface area contributed by atoms with Gasteiger partial charge in [-0.1, -0.05) is 51.1 Å². The summed E-state index contributed by atoms with van der Waals surface area (Å²) >= 11 is 1.38. The Morgan fingerprint density at radius 3 is 2.25 bits per heavy atom. The van der Waals surface area contributed by atoms with E-state index >= 15 is 0 Å². The van der Waals surface area contributed by atoms with Crippen LogP contribution in [0.25, 0.3) is 17.0 Å². The molecule has 0 saturated heterocycles. The minimum Gasteiger partial charge on any atom is -0.480 e. The van der Waals surface area contributed by atoms with Crippen molar-refractivity contribution in [3.05, 3.63) is 75.7 Å². The number of aliphatic carboxylic acids is 1. The van der Waals surface area contributed by atoms with Gasteiger partial charge in [0, 0.05) is 34.8 Å². The Morgan fingerprint density at radius 1 is 0.975 bits per heavy atom. The van der Waals surface area contributed by atoms with Crippen LogP contribution in [0.3, 0.4) is 0 Å². The molecular formula is C31H36N4O4S. The molecule has 8 nitrogen and oxygen atoms in total. The third-order valence-corrected chi connectivity index (χ3v) is 8.40. The molecule has 2 heterocycles. The third kappa shape index (κ3) is 7.41. The fourth-order valence-corrected chi connectivity index (χ4v) is 5.41. The fraction of sp³-hybridized carbons (Fsp3) is 0.387. The van der Waals surface area contributed by atoms with E-state index in [2.05, 4.69) is 47.4 Å².